The zero-order valence-corrected chi connectivity index (χ0v) is 13.0. The molecule has 0 radical (unpaired) electrons. The van der Waals surface area contributed by atoms with Crippen molar-refractivity contribution in [2.75, 3.05) is 0 Å². The van der Waals surface area contributed by atoms with Crippen LogP contribution in [0, 0.1) is 0 Å². The minimum atomic E-state index is -0.654. The number of aryl methyl sites for hydroxylation is 1. The van der Waals surface area contributed by atoms with Gasteiger partial charge in [-0.15, -0.1) is 0 Å². The largest absolute Gasteiger partial charge is 0.489 e. The van der Waals surface area contributed by atoms with Gasteiger partial charge in [0.05, 0.1) is 12.2 Å². The first-order chi connectivity index (χ1) is 10.7. The van der Waals surface area contributed by atoms with Crippen molar-refractivity contribution >= 4 is 0 Å². The summed E-state index contributed by atoms with van der Waals surface area (Å²) in [5, 5.41) is 19.3. The second-order valence-electron chi connectivity index (χ2n) is 5.50. The minimum absolute atomic E-state index is 0.557. The van der Waals surface area contributed by atoms with Gasteiger partial charge in [0.1, 0.15) is 12.4 Å². The minimum Gasteiger partial charge on any atom is -0.489 e. The van der Waals surface area contributed by atoms with E-state index in [1.54, 1.807) is 0 Å². The summed E-state index contributed by atoms with van der Waals surface area (Å²) in [6.45, 7) is 2.42. The van der Waals surface area contributed by atoms with Crippen molar-refractivity contribution in [1.29, 1.82) is 0 Å². The van der Waals surface area contributed by atoms with Crippen LogP contribution in [-0.4, -0.2) is 22.4 Å². The van der Waals surface area contributed by atoms with Crippen LogP contribution in [0.1, 0.15) is 30.9 Å². The molecule has 0 heterocycles. The molecule has 0 amide bonds. The molecule has 0 aliphatic rings. The van der Waals surface area contributed by atoms with Crippen LogP contribution in [0.25, 0.3) is 0 Å². The van der Waals surface area contributed by atoms with Crippen LogP contribution >= 0.6 is 0 Å². The van der Waals surface area contributed by atoms with Crippen LogP contribution in [0.2, 0.25) is 0 Å². The summed E-state index contributed by atoms with van der Waals surface area (Å²) < 4.78 is 5.74. The summed E-state index contributed by atoms with van der Waals surface area (Å²) in [6, 6.07) is 18.0. The van der Waals surface area contributed by atoms with Gasteiger partial charge in [-0.2, -0.15) is 0 Å². The maximum absolute atomic E-state index is 9.77. The zero-order chi connectivity index (χ0) is 15.8. The third kappa shape index (κ3) is 5.17. The van der Waals surface area contributed by atoms with E-state index in [1.807, 2.05) is 61.5 Å². The fourth-order valence-corrected chi connectivity index (χ4v) is 2.27. The normalized spacial score (nSPS) is 13.6. The van der Waals surface area contributed by atoms with Crippen molar-refractivity contribution in [3.8, 4) is 5.75 Å². The van der Waals surface area contributed by atoms with E-state index in [9.17, 15) is 10.2 Å². The predicted octanol–water partition coefficient (Wildman–Crippen LogP) is 3.33. The number of benzene rings is 2. The Bertz CT molecular complexity index is 536. The molecule has 0 saturated heterocycles. The summed E-state index contributed by atoms with van der Waals surface area (Å²) in [7, 11) is 0. The van der Waals surface area contributed by atoms with Gasteiger partial charge in [0.15, 0.2) is 0 Å². The number of aliphatic hydroxyl groups excluding tert-OH is 2. The zero-order valence-electron chi connectivity index (χ0n) is 13.0. The van der Waals surface area contributed by atoms with E-state index in [0.717, 1.165) is 23.3 Å². The predicted molar refractivity (Wildman–Crippen MR) is 87.8 cm³/mol. The Hall–Kier alpha value is -1.84. The molecule has 2 rings (SSSR count). The third-order valence-corrected chi connectivity index (χ3v) is 3.76. The molecular weight excluding hydrogens is 276 g/mol. The molecule has 0 aliphatic carbocycles. The molecule has 0 aromatic heterocycles. The SMILES string of the molecule is CCC(O)C(O)CCc1ccc(OCc2ccccc2)cc1. The van der Waals surface area contributed by atoms with Crippen molar-refractivity contribution in [1.82, 2.24) is 0 Å². The Labute approximate surface area is 132 Å². The van der Waals surface area contributed by atoms with Gasteiger partial charge in [0.2, 0.25) is 0 Å². The van der Waals surface area contributed by atoms with Crippen LogP contribution < -0.4 is 4.74 Å². The average Bonchev–Trinajstić information content (AvgIpc) is 2.59. The van der Waals surface area contributed by atoms with Crippen LogP contribution in [0.5, 0.6) is 5.75 Å². The van der Waals surface area contributed by atoms with E-state index in [2.05, 4.69) is 0 Å². The lowest BCUT2D eigenvalue weighted by Crippen LogP contribution is -2.25. The highest BCUT2D eigenvalue weighted by Crippen LogP contribution is 2.16. The molecule has 2 atom stereocenters. The number of hydrogen-bond donors (Lipinski definition) is 2. The quantitative estimate of drug-likeness (QED) is 0.786. The first kappa shape index (κ1) is 16.5. The standard InChI is InChI=1S/C19H24O3/c1-2-18(20)19(21)13-10-15-8-11-17(12-9-15)22-14-16-6-4-3-5-7-16/h3-9,11-12,18-21H,2,10,13-14H2,1H3. The number of hydrogen-bond acceptors (Lipinski definition) is 3. The second-order valence-corrected chi connectivity index (χ2v) is 5.50. The van der Waals surface area contributed by atoms with Gasteiger partial charge in [0, 0.05) is 0 Å². The lowest BCUT2D eigenvalue weighted by Gasteiger charge is -2.15. The molecule has 0 saturated carbocycles. The van der Waals surface area contributed by atoms with E-state index < -0.39 is 12.2 Å². The molecule has 3 heteroatoms. The molecule has 0 spiro atoms. The summed E-state index contributed by atoms with van der Waals surface area (Å²) in [5.74, 6) is 0.835. The molecule has 0 bridgehead atoms. The van der Waals surface area contributed by atoms with Crippen LogP contribution in [-0.2, 0) is 13.0 Å². The van der Waals surface area contributed by atoms with Gasteiger partial charge < -0.3 is 14.9 Å². The maximum atomic E-state index is 9.77. The number of rotatable bonds is 8. The summed E-state index contributed by atoms with van der Waals surface area (Å²) >= 11 is 0. The molecule has 2 N–H and O–H groups in total. The second kappa shape index (κ2) is 8.57. The Kier molecular flexibility index (Phi) is 6.44. The highest BCUT2D eigenvalue weighted by Gasteiger charge is 2.13. The topological polar surface area (TPSA) is 49.7 Å². The van der Waals surface area contributed by atoms with Gasteiger partial charge in [0.25, 0.3) is 0 Å². The number of ether oxygens (including phenoxy) is 1. The van der Waals surface area contributed by atoms with E-state index in [1.165, 1.54) is 0 Å². The Morgan fingerprint density at radius 1 is 0.864 bits per heavy atom. The van der Waals surface area contributed by atoms with Crippen molar-refractivity contribution in [2.45, 2.75) is 45.0 Å². The number of aliphatic hydroxyl groups is 2. The lowest BCUT2D eigenvalue weighted by molar-refractivity contribution is 0.0130. The van der Waals surface area contributed by atoms with Crippen molar-refractivity contribution in [2.24, 2.45) is 0 Å². The van der Waals surface area contributed by atoms with Crippen molar-refractivity contribution < 1.29 is 14.9 Å². The molecule has 2 aromatic carbocycles. The van der Waals surface area contributed by atoms with Crippen molar-refractivity contribution in [3.05, 3.63) is 65.7 Å². The van der Waals surface area contributed by atoms with Gasteiger partial charge >= 0.3 is 0 Å². The van der Waals surface area contributed by atoms with Crippen LogP contribution in [0.3, 0.4) is 0 Å². The summed E-state index contributed by atoms with van der Waals surface area (Å²) in [6.07, 6.45) is 0.608. The molecular formula is C19H24O3. The third-order valence-electron chi connectivity index (χ3n) is 3.76. The summed E-state index contributed by atoms with van der Waals surface area (Å²) in [4.78, 5) is 0. The maximum Gasteiger partial charge on any atom is 0.119 e. The monoisotopic (exact) mass is 300 g/mol. The van der Waals surface area contributed by atoms with Crippen LogP contribution in [0.15, 0.2) is 54.6 Å². The van der Waals surface area contributed by atoms with E-state index in [0.29, 0.717) is 19.4 Å². The van der Waals surface area contributed by atoms with Gasteiger partial charge in [-0.25, -0.2) is 0 Å². The Balaban J connectivity index is 1.80. The lowest BCUT2D eigenvalue weighted by atomic mass is 10.0. The van der Waals surface area contributed by atoms with Crippen LogP contribution in [0.4, 0.5) is 0 Å². The Morgan fingerprint density at radius 2 is 1.55 bits per heavy atom. The average molecular weight is 300 g/mol. The molecule has 0 aliphatic heterocycles. The van der Waals surface area contributed by atoms with Crippen molar-refractivity contribution in [3.63, 3.8) is 0 Å². The van der Waals surface area contributed by atoms with Gasteiger partial charge in [-0.05, 0) is 42.5 Å². The van der Waals surface area contributed by atoms with Gasteiger partial charge in [-0.1, -0.05) is 49.4 Å². The van der Waals surface area contributed by atoms with E-state index in [-0.39, 0.29) is 0 Å². The molecule has 118 valence electrons. The van der Waals surface area contributed by atoms with E-state index >= 15 is 0 Å². The first-order valence-electron chi connectivity index (χ1n) is 7.81. The molecule has 22 heavy (non-hydrogen) atoms. The smallest absolute Gasteiger partial charge is 0.119 e. The molecule has 2 aromatic rings. The van der Waals surface area contributed by atoms with E-state index in [4.69, 9.17) is 4.74 Å². The fraction of sp³-hybridized carbons (Fsp3) is 0.368. The molecule has 3 nitrogen and oxygen atoms in total. The highest BCUT2D eigenvalue weighted by molar-refractivity contribution is 5.28. The molecule has 0 fully saturated rings. The fourth-order valence-electron chi connectivity index (χ4n) is 2.27. The summed E-state index contributed by atoms with van der Waals surface area (Å²) in [5.41, 5.74) is 2.28. The Morgan fingerprint density at radius 3 is 2.18 bits per heavy atom. The first-order valence-corrected chi connectivity index (χ1v) is 7.81. The van der Waals surface area contributed by atoms with Gasteiger partial charge in [-0.3, -0.25) is 0 Å². The molecule has 2 unspecified atom stereocenters. The highest BCUT2D eigenvalue weighted by atomic mass is 16.5.